The number of aliphatic imine (C=N–C) groups is 3. The lowest BCUT2D eigenvalue weighted by Crippen LogP contribution is -2.39. The molecule has 9 aromatic rings. The molecule has 0 amide bonds. The first kappa shape index (κ1) is 30.4. The van der Waals surface area contributed by atoms with E-state index in [-0.39, 0.29) is 0 Å². The average Bonchev–Trinajstić information content (AvgIpc) is 3.75. The van der Waals surface area contributed by atoms with Crippen molar-refractivity contribution in [1.29, 1.82) is 0 Å². The van der Waals surface area contributed by atoms with E-state index in [0.29, 0.717) is 0 Å². The van der Waals surface area contributed by atoms with Crippen molar-refractivity contribution in [2.24, 2.45) is 15.0 Å². The van der Waals surface area contributed by atoms with E-state index in [1.807, 2.05) is 30.5 Å². The molecule has 2 unspecified atom stereocenters. The second-order valence-electron chi connectivity index (χ2n) is 13.7. The molecule has 7 nitrogen and oxygen atoms in total. The summed E-state index contributed by atoms with van der Waals surface area (Å²) in [7, 11) is 0. The highest BCUT2D eigenvalue weighted by Crippen LogP contribution is 2.41. The summed E-state index contributed by atoms with van der Waals surface area (Å²) in [5.41, 5.74) is 8.30. The van der Waals surface area contributed by atoms with Crippen LogP contribution < -0.4 is 5.32 Å². The van der Waals surface area contributed by atoms with Crippen molar-refractivity contribution in [3.63, 3.8) is 0 Å². The van der Waals surface area contributed by atoms with Gasteiger partial charge in [-0.15, -0.1) is 0 Å². The fraction of sp³-hybridized carbons (Fsp3) is 0.0426. The van der Waals surface area contributed by atoms with Crippen LogP contribution in [-0.2, 0) is 0 Å². The van der Waals surface area contributed by atoms with E-state index in [0.717, 1.165) is 72.3 Å². The SMILES string of the molecule is C1=CC(C2N=C(c3ccccc3)NC(c3cccc4ccccc34)=N2)=NC(n2c3ccccc3c3cc4c5ccccc5n(-c5ccccc5)c4cc32)[N-]1. The van der Waals surface area contributed by atoms with Crippen LogP contribution in [0.15, 0.2) is 191 Å². The maximum atomic E-state index is 5.35. The molecule has 2 aliphatic rings. The van der Waals surface area contributed by atoms with Crippen LogP contribution in [0.3, 0.4) is 0 Å². The van der Waals surface area contributed by atoms with Crippen molar-refractivity contribution in [3.8, 4) is 5.69 Å². The largest absolute Gasteiger partial charge is 0.652 e. The van der Waals surface area contributed by atoms with Gasteiger partial charge < -0.3 is 19.8 Å². The molecule has 1 N–H and O–H groups in total. The molecule has 0 bridgehead atoms. The minimum Gasteiger partial charge on any atom is -0.652 e. The monoisotopic (exact) mass is 694 g/mol. The molecule has 0 saturated heterocycles. The van der Waals surface area contributed by atoms with Crippen LogP contribution in [-0.4, -0.2) is 32.7 Å². The molecule has 7 heteroatoms. The molecule has 2 aliphatic heterocycles. The fourth-order valence-electron chi connectivity index (χ4n) is 8.14. The van der Waals surface area contributed by atoms with Crippen LogP contribution in [0.4, 0.5) is 0 Å². The highest BCUT2D eigenvalue weighted by Gasteiger charge is 2.25. The van der Waals surface area contributed by atoms with Crippen molar-refractivity contribution in [3.05, 3.63) is 193 Å². The number of hydrogen-bond acceptors (Lipinski definition) is 4. The van der Waals surface area contributed by atoms with E-state index in [9.17, 15) is 0 Å². The van der Waals surface area contributed by atoms with Crippen molar-refractivity contribution < 1.29 is 0 Å². The standard InChI is InChI=1S/C47H32N7/c1-3-15-31(16-4-1)44-50-45(36-23-13-17-30-14-7-8-20-33(30)36)52-46(51-44)39-26-27-48-47(49-39)54-41-25-12-10-22-35(41)38-28-37-34-21-9-11-24-40(34)53(42(37)29-43(38)54)32-18-5-2-6-19-32/h1-29,46-47H,(H,50,51,52)/q-1. The highest BCUT2D eigenvalue weighted by molar-refractivity contribution is 6.22. The smallest absolute Gasteiger partial charge is 0.185 e. The quantitative estimate of drug-likeness (QED) is 0.191. The molecular weight excluding hydrogens is 663 g/mol. The Bertz CT molecular complexity index is 3050. The summed E-state index contributed by atoms with van der Waals surface area (Å²) in [4.78, 5) is 15.7. The summed E-state index contributed by atoms with van der Waals surface area (Å²) >= 11 is 0. The lowest BCUT2D eigenvalue weighted by molar-refractivity contribution is 0.647. The predicted molar refractivity (Wildman–Crippen MR) is 223 cm³/mol. The highest BCUT2D eigenvalue weighted by atomic mass is 15.3. The molecule has 0 aliphatic carbocycles. The van der Waals surface area contributed by atoms with E-state index in [1.165, 1.54) is 16.3 Å². The minimum atomic E-state index is -0.579. The number of aromatic nitrogens is 2. The lowest BCUT2D eigenvalue weighted by atomic mass is 10.0. The number of para-hydroxylation sites is 3. The number of amidine groups is 2. The number of nitrogens with zero attached hydrogens (tertiary/aromatic N) is 6. The molecule has 0 fully saturated rings. The molecule has 0 saturated carbocycles. The number of fused-ring (bicyclic) bond motifs is 7. The van der Waals surface area contributed by atoms with Crippen LogP contribution in [0.2, 0.25) is 0 Å². The maximum Gasteiger partial charge on any atom is 0.185 e. The molecule has 2 aromatic heterocycles. The summed E-state index contributed by atoms with van der Waals surface area (Å²) < 4.78 is 4.62. The van der Waals surface area contributed by atoms with Crippen LogP contribution in [0.25, 0.3) is 65.4 Å². The molecule has 0 spiro atoms. The molecule has 4 heterocycles. The zero-order valence-electron chi connectivity index (χ0n) is 29.1. The Hall–Kier alpha value is -7.25. The summed E-state index contributed by atoms with van der Waals surface area (Å²) in [6, 6.07) is 57.4. The molecule has 54 heavy (non-hydrogen) atoms. The van der Waals surface area contributed by atoms with E-state index >= 15 is 0 Å². The van der Waals surface area contributed by atoms with E-state index < -0.39 is 12.5 Å². The number of benzene rings is 7. The van der Waals surface area contributed by atoms with Gasteiger partial charge in [0.1, 0.15) is 11.7 Å². The van der Waals surface area contributed by atoms with Gasteiger partial charge in [0.15, 0.2) is 6.17 Å². The Kier molecular flexibility index (Phi) is 6.85. The van der Waals surface area contributed by atoms with Gasteiger partial charge in [0.2, 0.25) is 0 Å². The normalized spacial score (nSPS) is 17.1. The van der Waals surface area contributed by atoms with Gasteiger partial charge in [-0.1, -0.05) is 133 Å². The first-order chi connectivity index (χ1) is 26.8. The molecule has 0 radical (unpaired) electrons. The predicted octanol–water partition coefficient (Wildman–Crippen LogP) is 10.7. The van der Waals surface area contributed by atoms with Crippen LogP contribution in [0.1, 0.15) is 17.4 Å². The number of nitrogens with one attached hydrogen (secondary N) is 1. The molecule has 11 rings (SSSR count). The Balaban J connectivity index is 1.10. The first-order valence-corrected chi connectivity index (χ1v) is 18.2. The summed E-state index contributed by atoms with van der Waals surface area (Å²) in [5, 5.41) is 15.6. The van der Waals surface area contributed by atoms with Gasteiger partial charge in [0, 0.05) is 43.9 Å². The van der Waals surface area contributed by atoms with Gasteiger partial charge >= 0.3 is 0 Å². The third-order valence-corrected chi connectivity index (χ3v) is 10.6. The third kappa shape index (κ3) is 4.79. The summed E-state index contributed by atoms with van der Waals surface area (Å²) in [6.45, 7) is 0. The van der Waals surface area contributed by atoms with Crippen LogP contribution >= 0.6 is 0 Å². The topological polar surface area (TPSA) is 73.1 Å². The Morgan fingerprint density at radius 2 is 1.15 bits per heavy atom. The van der Waals surface area contributed by atoms with Crippen molar-refractivity contribution >= 4 is 71.8 Å². The Morgan fingerprint density at radius 3 is 1.98 bits per heavy atom. The van der Waals surface area contributed by atoms with Gasteiger partial charge in [0.05, 0.1) is 28.6 Å². The van der Waals surface area contributed by atoms with E-state index in [2.05, 4.69) is 160 Å². The third-order valence-electron chi connectivity index (χ3n) is 10.6. The van der Waals surface area contributed by atoms with Gasteiger partial charge in [-0.05, 0) is 47.2 Å². The molecule has 256 valence electrons. The molecule has 7 aromatic carbocycles. The number of hydrogen-bond donors (Lipinski definition) is 1. The minimum absolute atomic E-state index is 0.555. The van der Waals surface area contributed by atoms with Crippen molar-refractivity contribution in [2.75, 3.05) is 0 Å². The average molecular weight is 695 g/mol. The molecular formula is C47H32N7-. The van der Waals surface area contributed by atoms with Gasteiger partial charge in [-0.2, -0.15) is 6.20 Å². The zero-order valence-corrected chi connectivity index (χ0v) is 29.1. The summed E-state index contributed by atoms with van der Waals surface area (Å²) in [6.07, 6.45) is 2.67. The van der Waals surface area contributed by atoms with Gasteiger partial charge in [-0.3, -0.25) is 4.99 Å². The maximum absolute atomic E-state index is 5.35. The summed E-state index contributed by atoms with van der Waals surface area (Å²) in [5.74, 6) is 1.51. The van der Waals surface area contributed by atoms with Crippen LogP contribution in [0.5, 0.6) is 0 Å². The van der Waals surface area contributed by atoms with E-state index in [1.54, 1.807) is 0 Å². The Labute approximate surface area is 310 Å². The molecule has 2 atom stereocenters. The van der Waals surface area contributed by atoms with Crippen LogP contribution in [0, 0.1) is 0 Å². The second kappa shape index (κ2) is 12.2. The second-order valence-corrected chi connectivity index (χ2v) is 13.7. The van der Waals surface area contributed by atoms with Gasteiger partial charge in [-0.25, -0.2) is 9.98 Å². The number of rotatable bonds is 5. The first-order valence-electron chi connectivity index (χ1n) is 18.2. The zero-order chi connectivity index (χ0) is 35.6. The van der Waals surface area contributed by atoms with Gasteiger partial charge in [0.25, 0.3) is 0 Å². The fourth-order valence-corrected chi connectivity index (χ4v) is 8.14. The van der Waals surface area contributed by atoms with Crippen molar-refractivity contribution in [2.45, 2.75) is 12.5 Å². The van der Waals surface area contributed by atoms with E-state index in [4.69, 9.17) is 20.3 Å². The lowest BCUT2D eigenvalue weighted by Gasteiger charge is -2.34. The Morgan fingerprint density at radius 1 is 0.500 bits per heavy atom. The van der Waals surface area contributed by atoms with Crippen molar-refractivity contribution in [1.82, 2.24) is 14.5 Å².